The Morgan fingerprint density at radius 3 is 2.19 bits per heavy atom. The Morgan fingerprint density at radius 1 is 1.04 bits per heavy atom. The van der Waals surface area contributed by atoms with E-state index < -0.39 is 5.54 Å². The largest absolute Gasteiger partial charge is 0.497 e. The van der Waals surface area contributed by atoms with Crippen LogP contribution in [0, 0.1) is 0 Å². The first-order chi connectivity index (χ1) is 12.3. The summed E-state index contributed by atoms with van der Waals surface area (Å²) in [5.74, 6) is 0.301. The molecular formula is C20H24N2O4. The Morgan fingerprint density at radius 2 is 1.65 bits per heavy atom. The first-order valence-electron chi connectivity index (χ1n) is 8.29. The summed E-state index contributed by atoms with van der Waals surface area (Å²) >= 11 is 0. The summed E-state index contributed by atoms with van der Waals surface area (Å²) in [4.78, 5) is 24.2. The lowest BCUT2D eigenvalue weighted by Crippen LogP contribution is -2.46. The molecule has 0 aliphatic heterocycles. The predicted octanol–water partition coefficient (Wildman–Crippen LogP) is 2.38. The lowest BCUT2D eigenvalue weighted by molar-refractivity contribution is -0.122. The number of carbonyl (C=O) groups excluding carboxylic acids is 2. The summed E-state index contributed by atoms with van der Waals surface area (Å²) in [6.45, 7) is 3.38. The number of rotatable bonds is 7. The van der Waals surface area contributed by atoms with Crippen molar-refractivity contribution in [3.63, 3.8) is 0 Å². The number of carbonyl (C=O) groups is 2. The van der Waals surface area contributed by atoms with Gasteiger partial charge in [-0.25, -0.2) is 0 Å². The molecule has 0 aliphatic rings. The van der Waals surface area contributed by atoms with Gasteiger partial charge in [-0.3, -0.25) is 9.59 Å². The highest BCUT2D eigenvalue weighted by Crippen LogP contribution is 2.15. The molecule has 0 atom stereocenters. The molecule has 26 heavy (non-hydrogen) atoms. The first-order valence-corrected chi connectivity index (χ1v) is 8.29. The van der Waals surface area contributed by atoms with Gasteiger partial charge in [0.2, 0.25) is 5.91 Å². The minimum atomic E-state index is -0.649. The standard InChI is InChI=1S/C20H24N2O4/c1-20(2,13-23)22-18(24)12-14-4-8-16(9-5-14)21-19(25)15-6-10-17(26-3)11-7-15/h4-11,23H,12-13H2,1-3H3,(H,21,25)(H,22,24). The molecule has 6 nitrogen and oxygen atoms in total. The van der Waals surface area contributed by atoms with E-state index in [1.165, 1.54) is 0 Å². The molecule has 138 valence electrons. The van der Waals surface area contributed by atoms with Gasteiger partial charge in [0.1, 0.15) is 5.75 Å². The minimum absolute atomic E-state index is 0.130. The zero-order valence-electron chi connectivity index (χ0n) is 15.2. The summed E-state index contributed by atoms with van der Waals surface area (Å²) in [7, 11) is 1.57. The fourth-order valence-electron chi connectivity index (χ4n) is 2.30. The normalized spacial score (nSPS) is 10.9. The molecule has 2 aromatic rings. The maximum Gasteiger partial charge on any atom is 0.255 e. The number of methoxy groups -OCH3 is 1. The Kier molecular flexibility index (Phi) is 6.36. The molecule has 6 heteroatoms. The van der Waals surface area contributed by atoms with Gasteiger partial charge in [0.25, 0.3) is 5.91 Å². The molecule has 0 heterocycles. The summed E-state index contributed by atoms with van der Waals surface area (Å²) in [6, 6.07) is 13.9. The molecule has 0 fully saturated rings. The van der Waals surface area contributed by atoms with Crippen molar-refractivity contribution in [2.24, 2.45) is 0 Å². The van der Waals surface area contributed by atoms with Gasteiger partial charge in [-0.05, 0) is 55.8 Å². The molecule has 0 aliphatic carbocycles. The average molecular weight is 356 g/mol. The van der Waals surface area contributed by atoms with Crippen LogP contribution < -0.4 is 15.4 Å². The maximum absolute atomic E-state index is 12.2. The molecule has 0 radical (unpaired) electrons. The number of anilines is 1. The molecule has 2 aromatic carbocycles. The fourth-order valence-corrected chi connectivity index (χ4v) is 2.30. The highest BCUT2D eigenvalue weighted by atomic mass is 16.5. The van der Waals surface area contributed by atoms with Crippen LogP contribution in [0.3, 0.4) is 0 Å². The SMILES string of the molecule is COc1ccc(C(=O)Nc2ccc(CC(=O)NC(C)(C)CO)cc2)cc1. The quantitative estimate of drug-likeness (QED) is 0.711. The molecular weight excluding hydrogens is 332 g/mol. The first kappa shape index (κ1) is 19.5. The van der Waals surface area contributed by atoms with E-state index in [9.17, 15) is 14.7 Å². The highest BCUT2D eigenvalue weighted by molar-refractivity contribution is 6.04. The van der Waals surface area contributed by atoms with E-state index in [0.717, 1.165) is 5.56 Å². The number of amides is 2. The summed E-state index contributed by atoms with van der Waals surface area (Å²) in [5, 5.41) is 14.8. The number of hydrogen-bond donors (Lipinski definition) is 3. The number of benzene rings is 2. The fraction of sp³-hybridized carbons (Fsp3) is 0.300. The molecule has 3 N–H and O–H groups in total. The number of nitrogens with one attached hydrogen (secondary N) is 2. The van der Waals surface area contributed by atoms with Gasteiger partial charge in [0, 0.05) is 11.3 Å². The lowest BCUT2D eigenvalue weighted by Gasteiger charge is -2.23. The van der Waals surface area contributed by atoms with Crippen LogP contribution in [0.25, 0.3) is 0 Å². The molecule has 0 aromatic heterocycles. The van der Waals surface area contributed by atoms with E-state index in [1.54, 1.807) is 69.5 Å². The second-order valence-electron chi connectivity index (χ2n) is 6.65. The summed E-state index contributed by atoms with van der Waals surface area (Å²) < 4.78 is 5.07. The Balaban J connectivity index is 1.94. The summed E-state index contributed by atoms with van der Waals surface area (Å²) in [5.41, 5.74) is 1.34. The van der Waals surface area contributed by atoms with Gasteiger partial charge in [0.15, 0.2) is 0 Å². The Labute approximate surface area is 153 Å². The number of ether oxygens (including phenoxy) is 1. The minimum Gasteiger partial charge on any atom is -0.497 e. The van der Waals surface area contributed by atoms with Gasteiger partial charge in [-0.15, -0.1) is 0 Å². The lowest BCUT2D eigenvalue weighted by atomic mass is 10.1. The smallest absolute Gasteiger partial charge is 0.255 e. The van der Waals surface area contributed by atoms with Gasteiger partial charge in [-0.1, -0.05) is 12.1 Å². The van der Waals surface area contributed by atoms with Crippen molar-refractivity contribution < 1.29 is 19.4 Å². The second kappa shape index (κ2) is 8.49. The van der Waals surface area contributed by atoms with Crippen LogP contribution in [0.2, 0.25) is 0 Å². The Bertz CT molecular complexity index is 752. The third-order valence-electron chi connectivity index (χ3n) is 3.80. The molecule has 2 amide bonds. The average Bonchev–Trinajstić information content (AvgIpc) is 2.63. The van der Waals surface area contributed by atoms with E-state index in [2.05, 4.69) is 10.6 Å². The predicted molar refractivity (Wildman–Crippen MR) is 100 cm³/mol. The van der Waals surface area contributed by atoms with Crippen LogP contribution in [0.5, 0.6) is 5.75 Å². The van der Waals surface area contributed by atoms with Crippen molar-refractivity contribution in [1.82, 2.24) is 5.32 Å². The van der Waals surface area contributed by atoms with Crippen molar-refractivity contribution in [2.45, 2.75) is 25.8 Å². The van der Waals surface area contributed by atoms with Crippen molar-refractivity contribution >= 4 is 17.5 Å². The molecule has 0 bridgehead atoms. The molecule has 0 spiro atoms. The van der Waals surface area contributed by atoms with Crippen LogP contribution in [0.4, 0.5) is 5.69 Å². The van der Waals surface area contributed by atoms with E-state index in [-0.39, 0.29) is 24.8 Å². The van der Waals surface area contributed by atoms with Crippen LogP contribution in [-0.2, 0) is 11.2 Å². The van der Waals surface area contributed by atoms with E-state index in [1.807, 2.05) is 0 Å². The molecule has 0 saturated heterocycles. The van der Waals surface area contributed by atoms with Gasteiger partial charge in [0.05, 0.1) is 25.7 Å². The van der Waals surface area contributed by atoms with Crippen molar-refractivity contribution in [1.29, 1.82) is 0 Å². The van der Waals surface area contributed by atoms with E-state index >= 15 is 0 Å². The van der Waals surface area contributed by atoms with Gasteiger partial charge in [-0.2, -0.15) is 0 Å². The molecule has 0 unspecified atom stereocenters. The monoisotopic (exact) mass is 356 g/mol. The van der Waals surface area contributed by atoms with Gasteiger partial charge >= 0.3 is 0 Å². The maximum atomic E-state index is 12.2. The van der Waals surface area contributed by atoms with Crippen molar-refractivity contribution in [3.8, 4) is 5.75 Å². The number of aliphatic hydroxyl groups is 1. The zero-order chi connectivity index (χ0) is 19.2. The number of aliphatic hydroxyl groups excluding tert-OH is 1. The number of hydrogen-bond acceptors (Lipinski definition) is 4. The van der Waals surface area contributed by atoms with Crippen LogP contribution in [-0.4, -0.2) is 36.2 Å². The van der Waals surface area contributed by atoms with Gasteiger partial charge < -0.3 is 20.5 Å². The molecule has 2 rings (SSSR count). The third kappa shape index (κ3) is 5.60. The van der Waals surface area contributed by atoms with Crippen molar-refractivity contribution in [3.05, 3.63) is 59.7 Å². The van der Waals surface area contributed by atoms with Crippen LogP contribution >= 0.6 is 0 Å². The Hall–Kier alpha value is -2.86. The van der Waals surface area contributed by atoms with E-state index in [4.69, 9.17) is 4.74 Å². The van der Waals surface area contributed by atoms with Crippen LogP contribution in [0.1, 0.15) is 29.8 Å². The molecule has 0 saturated carbocycles. The van der Waals surface area contributed by atoms with Crippen molar-refractivity contribution in [2.75, 3.05) is 19.0 Å². The highest BCUT2D eigenvalue weighted by Gasteiger charge is 2.19. The second-order valence-corrected chi connectivity index (χ2v) is 6.65. The zero-order valence-corrected chi connectivity index (χ0v) is 15.2. The van der Waals surface area contributed by atoms with Crippen LogP contribution in [0.15, 0.2) is 48.5 Å². The topological polar surface area (TPSA) is 87.7 Å². The summed E-state index contributed by atoms with van der Waals surface area (Å²) in [6.07, 6.45) is 0.205. The third-order valence-corrected chi connectivity index (χ3v) is 3.80. The van der Waals surface area contributed by atoms with E-state index in [0.29, 0.717) is 17.0 Å².